The Labute approximate surface area is 90.9 Å². The molecule has 15 heavy (non-hydrogen) atoms. The summed E-state index contributed by atoms with van der Waals surface area (Å²) >= 11 is 0. The maximum Gasteiger partial charge on any atom is 0.134 e. The summed E-state index contributed by atoms with van der Waals surface area (Å²) < 4.78 is 0. The molecule has 2 heteroatoms. The molecule has 1 aliphatic heterocycles. The van der Waals surface area contributed by atoms with Crippen LogP contribution in [0.4, 0.5) is 0 Å². The van der Waals surface area contributed by atoms with E-state index >= 15 is 0 Å². The van der Waals surface area contributed by atoms with Crippen molar-refractivity contribution in [1.29, 1.82) is 0 Å². The highest BCUT2D eigenvalue weighted by Gasteiger charge is 2.17. The van der Waals surface area contributed by atoms with Gasteiger partial charge in [0.05, 0.1) is 0 Å². The topological polar surface area (TPSA) is 20.3 Å². The van der Waals surface area contributed by atoms with E-state index in [-0.39, 0.29) is 5.78 Å². The van der Waals surface area contributed by atoms with Gasteiger partial charge in [0.1, 0.15) is 5.78 Å². The van der Waals surface area contributed by atoms with E-state index in [1.807, 2.05) is 0 Å². The molecular weight excluding hydrogens is 186 g/mol. The van der Waals surface area contributed by atoms with Crippen LogP contribution >= 0.6 is 0 Å². The molecule has 1 aromatic carbocycles. The lowest BCUT2D eigenvalue weighted by molar-refractivity contribution is -0.116. The van der Waals surface area contributed by atoms with Gasteiger partial charge in [-0.3, -0.25) is 9.69 Å². The molecule has 0 spiro atoms. The van der Waals surface area contributed by atoms with E-state index in [4.69, 9.17) is 0 Å². The third-order valence-corrected chi connectivity index (χ3v) is 2.96. The van der Waals surface area contributed by atoms with Crippen molar-refractivity contribution >= 4 is 5.78 Å². The van der Waals surface area contributed by atoms with Crippen LogP contribution in [0.25, 0.3) is 0 Å². The Hall–Kier alpha value is -1.15. The summed E-state index contributed by atoms with van der Waals surface area (Å²) in [7, 11) is 0. The predicted molar refractivity (Wildman–Crippen MR) is 60.6 cm³/mol. The Kier molecular flexibility index (Phi) is 2.87. The smallest absolute Gasteiger partial charge is 0.134 e. The largest absolute Gasteiger partial charge is 0.300 e. The number of carbonyl (C=O) groups is 1. The van der Waals surface area contributed by atoms with Crippen LogP contribution in [0.15, 0.2) is 18.2 Å². The molecule has 1 aromatic rings. The van der Waals surface area contributed by atoms with Crippen LogP contribution in [0.2, 0.25) is 0 Å². The molecule has 0 atom stereocenters. The third kappa shape index (κ3) is 2.26. The highest BCUT2D eigenvalue weighted by molar-refractivity contribution is 5.78. The van der Waals surface area contributed by atoms with Gasteiger partial charge >= 0.3 is 0 Å². The number of benzene rings is 1. The van der Waals surface area contributed by atoms with Crippen LogP contribution in [0.3, 0.4) is 0 Å². The average molecular weight is 203 g/mol. The van der Waals surface area contributed by atoms with Gasteiger partial charge in [-0.05, 0) is 30.2 Å². The van der Waals surface area contributed by atoms with Crippen molar-refractivity contribution in [3.63, 3.8) is 0 Å². The minimum atomic E-state index is 0.236. The minimum Gasteiger partial charge on any atom is -0.300 e. The Bertz CT molecular complexity index is 384. The van der Waals surface area contributed by atoms with E-state index < -0.39 is 0 Å². The highest BCUT2D eigenvalue weighted by Crippen LogP contribution is 2.23. The van der Waals surface area contributed by atoms with Gasteiger partial charge in [-0.15, -0.1) is 0 Å². The van der Waals surface area contributed by atoms with Crippen molar-refractivity contribution in [3.05, 3.63) is 34.9 Å². The van der Waals surface area contributed by atoms with Crippen molar-refractivity contribution in [2.45, 2.75) is 33.4 Å². The summed E-state index contributed by atoms with van der Waals surface area (Å²) in [6, 6.07) is 6.44. The molecule has 0 bridgehead atoms. The zero-order chi connectivity index (χ0) is 10.8. The van der Waals surface area contributed by atoms with Crippen molar-refractivity contribution in [2.24, 2.45) is 0 Å². The summed E-state index contributed by atoms with van der Waals surface area (Å²) in [5, 5.41) is 0. The lowest BCUT2D eigenvalue weighted by Crippen LogP contribution is -2.14. The van der Waals surface area contributed by atoms with E-state index in [1.165, 1.54) is 11.1 Å². The Morgan fingerprint density at radius 1 is 1.33 bits per heavy atom. The first-order chi connectivity index (χ1) is 7.19. The second kappa shape index (κ2) is 4.15. The molecule has 0 amide bonds. The van der Waals surface area contributed by atoms with Gasteiger partial charge in [0.15, 0.2) is 0 Å². The molecule has 0 unspecified atom stereocenters. The van der Waals surface area contributed by atoms with E-state index in [2.05, 4.69) is 30.0 Å². The van der Waals surface area contributed by atoms with Crippen LogP contribution in [-0.2, 0) is 24.3 Å². The number of hydrogen-bond donors (Lipinski definition) is 0. The molecule has 0 N–H and O–H groups in total. The molecule has 0 saturated heterocycles. The fourth-order valence-electron chi connectivity index (χ4n) is 2.14. The summed E-state index contributed by atoms with van der Waals surface area (Å²) in [5.41, 5.74) is 3.97. The van der Waals surface area contributed by atoms with Gasteiger partial charge in [0.25, 0.3) is 0 Å². The average Bonchev–Trinajstić information content (AvgIpc) is 2.58. The van der Waals surface area contributed by atoms with Gasteiger partial charge in [-0.25, -0.2) is 0 Å². The number of fused-ring (bicyclic) bond motifs is 1. The summed E-state index contributed by atoms with van der Waals surface area (Å²) in [6.07, 6.45) is 0.569. The number of rotatable bonds is 3. The van der Waals surface area contributed by atoms with E-state index in [9.17, 15) is 4.79 Å². The molecule has 0 aliphatic carbocycles. The summed E-state index contributed by atoms with van der Waals surface area (Å²) in [6.45, 7) is 7.02. The van der Waals surface area contributed by atoms with E-state index in [1.54, 1.807) is 6.92 Å². The molecule has 0 saturated carbocycles. The second-order valence-corrected chi connectivity index (χ2v) is 4.29. The highest BCUT2D eigenvalue weighted by atomic mass is 16.1. The minimum absolute atomic E-state index is 0.236. The normalized spacial score (nSPS) is 15.3. The first-order valence-corrected chi connectivity index (χ1v) is 5.51. The molecule has 1 aliphatic rings. The first kappa shape index (κ1) is 10.4. The lowest BCUT2D eigenvalue weighted by atomic mass is 10.0. The van der Waals surface area contributed by atoms with Crippen LogP contribution < -0.4 is 0 Å². The number of ketones is 1. The molecule has 1 heterocycles. The maximum absolute atomic E-state index is 11.0. The molecular formula is C13H17NO. The van der Waals surface area contributed by atoms with E-state index in [0.29, 0.717) is 6.42 Å². The number of hydrogen-bond acceptors (Lipinski definition) is 2. The zero-order valence-corrected chi connectivity index (χ0v) is 9.42. The Balaban J connectivity index is 2.18. The SMILES string of the molecule is CCN1Cc2ccc(CC(C)=O)cc2C1. The third-order valence-electron chi connectivity index (χ3n) is 2.96. The summed E-state index contributed by atoms with van der Waals surface area (Å²) in [5.74, 6) is 0.236. The standard InChI is InChI=1S/C13H17NO/c1-3-14-8-12-5-4-11(6-10(2)15)7-13(12)9-14/h4-5,7H,3,6,8-9H2,1-2H3. The molecule has 0 aromatic heterocycles. The fraction of sp³-hybridized carbons (Fsp3) is 0.462. The lowest BCUT2D eigenvalue weighted by Gasteiger charge is -2.09. The molecule has 0 fully saturated rings. The van der Waals surface area contributed by atoms with E-state index in [0.717, 1.165) is 25.2 Å². The maximum atomic E-state index is 11.0. The van der Waals surface area contributed by atoms with Crippen LogP contribution in [0.5, 0.6) is 0 Å². The number of Topliss-reactive ketones (excluding diaryl/α,β-unsaturated/α-hetero) is 1. The van der Waals surface area contributed by atoms with Gasteiger partial charge in [0, 0.05) is 19.5 Å². The van der Waals surface area contributed by atoms with Crippen molar-refractivity contribution in [2.75, 3.05) is 6.54 Å². The first-order valence-electron chi connectivity index (χ1n) is 5.51. The quantitative estimate of drug-likeness (QED) is 0.750. The Morgan fingerprint density at radius 2 is 2.07 bits per heavy atom. The van der Waals surface area contributed by atoms with Crippen LogP contribution in [0, 0.1) is 0 Å². The Morgan fingerprint density at radius 3 is 2.73 bits per heavy atom. The second-order valence-electron chi connectivity index (χ2n) is 4.29. The predicted octanol–water partition coefficient (Wildman–Crippen LogP) is 2.15. The summed E-state index contributed by atoms with van der Waals surface area (Å²) in [4.78, 5) is 13.4. The molecule has 0 radical (unpaired) electrons. The van der Waals surface area contributed by atoms with Crippen molar-refractivity contribution in [3.8, 4) is 0 Å². The zero-order valence-electron chi connectivity index (χ0n) is 9.42. The molecule has 2 nitrogen and oxygen atoms in total. The van der Waals surface area contributed by atoms with Crippen molar-refractivity contribution < 1.29 is 4.79 Å². The monoisotopic (exact) mass is 203 g/mol. The van der Waals surface area contributed by atoms with Gasteiger partial charge in [0.2, 0.25) is 0 Å². The van der Waals surface area contributed by atoms with Crippen LogP contribution in [-0.4, -0.2) is 17.2 Å². The number of carbonyl (C=O) groups excluding carboxylic acids is 1. The molecule has 2 rings (SSSR count). The van der Waals surface area contributed by atoms with Gasteiger partial charge < -0.3 is 0 Å². The van der Waals surface area contributed by atoms with Crippen molar-refractivity contribution in [1.82, 2.24) is 4.90 Å². The molecule has 80 valence electrons. The fourth-order valence-corrected chi connectivity index (χ4v) is 2.14. The van der Waals surface area contributed by atoms with Crippen LogP contribution in [0.1, 0.15) is 30.5 Å². The number of nitrogens with zero attached hydrogens (tertiary/aromatic N) is 1. The van der Waals surface area contributed by atoms with Gasteiger partial charge in [-0.2, -0.15) is 0 Å². The van der Waals surface area contributed by atoms with Gasteiger partial charge in [-0.1, -0.05) is 25.1 Å².